The lowest BCUT2D eigenvalue weighted by Gasteiger charge is -2.36. The maximum atomic E-state index is 6.67. The van der Waals surface area contributed by atoms with Crippen LogP contribution in [0.15, 0.2) is 210 Å². The molecule has 0 unspecified atom stereocenters. The smallest absolute Gasteiger partial charge is 0.143 e. The predicted octanol–water partition coefficient (Wildman–Crippen LogP) is 14.6. The quantitative estimate of drug-likeness (QED) is 0.164. The predicted molar refractivity (Wildman–Crippen MR) is 232 cm³/mol. The van der Waals surface area contributed by atoms with Crippen molar-refractivity contribution in [2.45, 2.75) is 19.3 Å². The van der Waals surface area contributed by atoms with Crippen LogP contribution in [0.1, 0.15) is 36.1 Å². The first-order valence-electron chi connectivity index (χ1n) is 19.1. The maximum Gasteiger partial charge on any atom is 0.143 e. The van der Waals surface area contributed by atoms with E-state index in [0.717, 1.165) is 55.5 Å². The average molecular weight is 706 g/mol. The van der Waals surface area contributed by atoms with Gasteiger partial charge in [0.05, 0.1) is 11.1 Å². The van der Waals surface area contributed by atoms with E-state index in [1.807, 2.05) is 0 Å². The highest BCUT2D eigenvalue weighted by molar-refractivity contribution is 6.19. The summed E-state index contributed by atoms with van der Waals surface area (Å²) >= 11 is 0. The second-order valence-corrected chi connectivity index (χ2v) is 14.4. The van der Waals surface area contributed by atoms with Gasteiger partial charge in [-0.2, -0.15) is 0 Å². The zero-order valence-corrected chi connectivity index (χ0v) is 30.9. The first-order valence-corrected chi connectivity index (χ1v) is 19.1. The molecule has 0 saturated heterocycles. The molecule has 1 heterocycles. The Hall–Kier alpha value is -6.90. The van der Waals surface area contributed by atoms with Gasteiger partial charge in [0, 0.05) is 33.1 Å². The summed E-state index contributed by atoms with van der Waals surface area (Å²) in [5.41, 5.74) is 14.5. The van der Waals surface area contributed by atoms with Gasteiger partial charge in [-0.1, -0.05) is 158 Å². The van der Waals surface area contributed by atoms with Crippen LogP contribution in [0.4, 0.5) is 17.1 Å². The number of rotatable bonds is 7. The molecule has 0 spiro atoms. The largest absolute Gasteiger partial charge is 0.455 e. The van der Waals surface area contributed by atoms with Crippen LogP contribution in [0.2, 0.25) is 0 Å². The number of allylic oxidation sites excluding steroid dienone is 4. The molecule has 8 aromatic carbocycles. The fraction of sp³-hybridized carbons (Fsp3) is 0.0566. The third kappa shape index (κ3) is 5.02. The molecule has 1 aliphatic carbocycles. The minimum Gasteiger partial charge on any atom is -0.455 e. The summed E-state index contributed by atoms with van der Waals surface area (Å²) < 4.78 is 6.67. The van der Waals surface area contributed by atoms with Crippen LogP contribution in [0.5, 0.6) is 0 Å². The van der Waals surface area contributed by atoms with Crippen molar-refractivity contribution in [2.24, 2.45) is 0 Å². The summed E-state index contributed by atoms with van der Waals surface area (Å²) in [7, 11) is 0. The number of hydrogen-bond acceptors (Lipinski definition) is 2. The van der Waals surface area contributed by atoms with Crippen molar-refractivity contribution in [3.63, 3.8) is 0 Å². The summed E-state index contributed by atoms with van der Waals surface area (Å²) in [4.78, 5) is 2.43. The first kappa shape index (κ1) is 32.7. The Balaban J connectivity index is 1.24. The number of hydrogen-bond donors (Lipinski definition) is 0. The molecule has 0 saturated carbocycles. The second kappa shape index (κ2) is 13.2. The molecule has 0 bridgehead atoms. The van der Waals surface area contributed by atoms with E-state index >= 15 is 0 Å². The topological polar surface area (TPSA) is 16.4 Å². The van der Waals surface area contributed by atoms with E-state index in [4.69, 9.17) is 4.42 Å². The Labute approximate surface area is 321 Å². The van der Waals surface area contributed by atoms with Gasteiger partial charge in [0.2, 0.25) is 0 Å². The summed E-state index contributed by atoms with van der Waals surface area (Å²) in [5, 5.41) is 4.55. The zero-order valence-electron chi connectivity index (χ0n) is 30.9. The Kier molecular flexibility index (Phi) is 7.85. The molecule has 2 heteroatoms. The summed E-state index contributed by atoms with van der Waals surface area (Å²) in [5.74, 6) is 0. The van der Waals surface area contributed by atoms with E-state index in [1.54, 1.807) is 0 Å². The molecule has 0 fully saturated rings. The van der Waals surface area contributed by atoms with Gasteiger partial charge in [0.25, 0.3) is 0 Å². The van der Waals surface area contributed by atoms with Crippen molar-refractivity contribution < 1.29 is 4.42 Å². The highest BCUT2D eigenvalue weighted by Crippen LogP contribution is 2.56. The SMILES string of the molecule is C/C=C\C1=C(C)c2ccc(N(c3ccccc3)c3ccccc3-c3cccc4oc5c6ccccc6ccc5c34)cc2C1(c1ccccc1)c1ccccc1. The monoisotopic (exact) mass is 705 g/mol. The Morgan fingerprint density at radius 3 is 1.93 bits per heavy atom. The van der Waals surface area contributed by atoms with Gasteiger partial charge in [-0.3, -0.25) is 0 Å². The third-order valence-corrected chi connectivity index (χ3v) is 11.5. The minimum absolute atomic E-state index is 0.504. The lowest BCUT2D eigenvalue weighted by Crippen LogP contribution is -2.29. The van der Waals surface area contributed by atoms with Crippen LogP contribution < -0.4 is 4.90 Å². The number of nitrogens with zero attached hydrogens (tertiary/aromatic N) is 1. The van der Waals surface area contributed by atoms with Crippen LogP contribution in [0, 0.1) is 0 Å². The standard InChI is InChI=1S/C53H39NO/c1-3-18-47-36(2)42-34-32-41(35-48(42)53(47,38-20-7-4-8-21-38)39-22-9-5-10-23-39)54(40-24-11-6-12-25-40)49-29-16-15-27-44(49)45-28-17-30-50-51(45)46-33-31-37-19-13-14-26-43(37)52(46)55-50/h3-35H,1-2H3/b18-3-. The molecule has 1 aliphatic rings. The Morgan fingerprint density at radius 1 is 0.527 bits per heavy atom. The van der Waals surface area contributed by atoms with E-state index in [9.17, 15) is 0 Å². The van der Waals surface area contributed by atoms with E-state index in [0.29, 0.717) is 0 Å². The third-order valence-electron chi connectivity index (χ3n) is 11.5. The molecule has 0 amide bonds. The molecule has 9 aromatic rings. The van der Waals surface area contributed by atoms with Crippen LogP contribution >= 0.6 is 0 Å². The highest BCUT2D eigenvalue weighted by Gasteiger charge is 2.46. The van der Waals surface area contributed by atoms with Crippen molar-refractivity contribution >= 4 is 55.3 Å². The summed E-state index contributed by atoms with van der Waals surface area (Å²) in [6, 6.07) is 68.0. The molecule has 0 radical (unpaired) electrons. The lowest BCUT2D eigenvalue weighted by molar-refractivity contribution is 0.673. The molecular formula is C53H39NO. The van der Waals surface area contributed by atoms with Gasteiger partial charge in [-0.15, -0.1) is 0 Å². The van der Waals surface area contributed by atoms with Crippen molar-refractivity contribution in [1.82, 2.24) is 0 Å². The Morgan fingerprint density at radius 2 is 1.18 bits per heavy atom. The van der Waals surface area contributed by atoms with E-state index in [2.05, 4.69) is 219 Å². The van der Waals surface area contributed by atoms with Crippen molar-refractivity contribution in [3.8, 4) is 11.1 Å². The Bertz CT molecular complexity index is 2890. The van der Waals surface area contributed by atoms with E-state index < -0.39 is 5.41 Å². The van der Waals surface area contributed by atoms with Crippen LogP contribution in [-0.2, 0) is 5.41 Å². The van der Waals surface area contributed by atoms with Gasteiger partial charge >= 0.3 is 0 Å². The van der Waals surface area contributed by atoms with Gasteiger partial charge in [-0.25, -0.2) is 0 Å². The van der Waals surface area contributed by atoms with Crippen molar-refractivity contribution in [2.75, 3.05) is 4.90 Å². The zero-order chi connectivity index (χ0) is 36.9. The number of benzene rings is 8. The van der Waals surface area contributed by atoms with Gasteiger partial charge in [0.1, 0.15) is 11.2 Å². The van der Waals surface area contributed by atoms with Crippen LogP contribution in [0.25, 0.3) is 49.4 Å². The lowest BCUT2D eigenvalue weighted by atomic mass is 9.66. The van der Waals surface area contributed by atoms with Gasteiger partial charge < -0.3 is 9.32 Å². The van der Waals surface area contributed by atoms with E-state index in [-0.39, 0.29) is 0 Å². The second-order valence-electron chi connectivity index (χ2n) is 14.4. The molecule has 1 aromatic heterocycles. The maximum absolute atomic E-state index is 6.67. The normalized spacial score (nSPS) is 13.6. The number of furan rings is 1. The number of anilines is 3. The molecule has 10 rings (SSSR count). The summed E-state index contributed by atoms with van der Waals surface area (Å²) in [6.45, 7) is 4.40. The molecule has 0 atom stereocenters. The van der Waals surface area contributed by atoms with Crippen LogP contribution in [-0.4, -0.2) is 0 Å². The first-order chi connectivity index (χ1) is 27.2. The van der Waals surface area contributed by atoms with Crippen LogP contribution in [0.3, 0.4) is 0 Å². The summed E-state index contributed by atoms with van der Waals surface area (Å²) in [6.07, 6.45) is 4.50. The fourth-order valence-corrected chi connectivity index (χ4v) is 9.14. The molecule has 262 valence electrons. The molecular weight excluding hydrogens is 667 g/mol. The molecule has 0 N–H and O–H groups in total. The van der Waals surface area contributed by atoms with Gasteiger partial charge in [-0.05, 0) is 101 Å². The minimum atomic E-state index is -0.504. The van der Waals surface area contributed by atoms with Crippen molar-refractivity contribution in [3.05, 3.63) is 228 Å². The van der Waals surface area contributed by atoms with Gasteiger partial charge in [0.15, 0.2) is 0 Å². The van der Waals surface area contributed by atoms with E-state index in [1.165, 1.54) is 38.8 Å². The number of fused-ring (bicyclic) bond motifs is 6. The fourth-order valence-electron chi connectivity index (χ4n) is 9.14. The molecule has 2 nitrogen and oxygen atoms in total. The highest BCUT2D eigenvalue weighted by atomic mass is 16.3. The van der Waals surface area contributed by atoms with Crippen molar-refractivity contribution in [1.29, 1.82) is 0 Å². The average Bonchev–Trinajstić information content (AvgIpc) is 3.76. The molecule has 0 aliphatic heterocycles. The number of para-hydroxylation sites is 2. The molecule has 55 heavy (non-hydrogen) atoms.